The van der Waals surface area contributed by atoms with Gasteiger partial charge in [-0.3, -0.25) is 4.90 Å². The number of ether oxygens (including phenoxy) is 1. The molecule has 3 aromatic rings. The van der Waals surface area contributed by atoms with Crippen LogP contribution in [0.1, 0.15) is 23.6 Å². The Morgan fingerprint density at radius 2 is 1.85 bits per heavy atom. The first-order valence-corrected chi connectivity index (χ1v) is 11.3. The van der Waals surface area contributed by atoms with E-state index in [1.54, 1.807) is 6.20 Å². The normalized spacial score (nSPS) is 14.5. The van der Waals surface area contributed by atoms with Gasteiger partial charge in [0.05, 0.1) is 25.4 Å². The summed E-state index contributed by atoms with van der Waals surface area (Å²) in [6.45, 7) is 8.80. The predicted molar refractivity (Wildman–Crippen MR) is 143 cm³/mol. The highest BCUT2D eigenvalue weighted by molar-refractivity contribution is 14.0. The number of rotatable bonds is 8. The monoisotopic (exact) mass is 560 g/mol. The van der Waals surface area contributed by atoms with E-state index < -0.39 is 0 Å². The number of nitrogens with one attached hydrogen (secondary N) is 2. The summed E-state index contributed by atoms with van der Waals surface area (Å²) >= 11 is 0. The van der Waals surface area contributed by atoms with Gasteiger partial charge in [0.15, 0.2) is 5.96 Å². The number of morpholine rings is 1. The molecule has 33 heavy (non-hydrogen) atoms. The van der Waals surface area contributed by atoms with Crippen LogP contribution in [0.3, 0.4) is 0 Å². The first-order valence-electron chi connectivity index (χ1n) is 11.3. The van der Waals surface area contributed by atoms with Crippen molar-refractivity contribution in [3.05, 3.63) is 83.7 Å². The van der Waals surface area contributed by atoms with Crippen LogP contribution in [0.5, 0.6) is 0 Å². The molecule has 4 rings (SSSR count). The van der Waals surface area contributed by atoms with Crippen LogP contribution in [0.15, 0.2) is 72.0 Å². The lowest BCUT2D eigenvalue weighted by atomic mass is 10.1. The van der Waals surface area contributed by atoms with Gasteiger partial charge < -0.3 is 15.4 Å². The van der Waals surface area contributed by atoms with E-state index in [9.17, 15) is 0 Å². The van der Waals surface area contributed by atoms with Crippen molar-refractivity contribution >= 4 is 29.9 Å². The van der Waals surface area contributed by atoms with Gasteiger partial charge in [-0.05, 0) is 41.8 Å². The average molecular weight is 560 g/mol. The van der Waals surface area contributed by atoms with E-state index in [1.807, 2.05) is 23.0 Å². The third-order valence-corrected chi connectivity index (χ3v) is 5.51. The van der Waals surface area contributed by atoms with Crippen molar-refractivity contribution in [2.24, 2.45) is 4.99 Å². The first-order chi connectivity index (χ1) is 15.8. The van der Waals surface area contributed by atoms with Gasteiger partial charge in [-0.1, -0.05) is 36.4 Å². The maximum atomic E-state index is 5.48. The lowest BCUT2D eigenvalue weighted by Gasteiger charge is -2.27. The predicted octanol–water partition coefficient (Wildman–Crippen LogP) is 3.58. The van der Waals surface area contributed by atoms with Crippen LogP contribution < -0.4 is 10.6 Å². The maximum absolute atomic E-state index is 5.48. The number of nitrogens with zero attached hydrogens (tertiary/aromatic N) is 4. The summed E-state index contributed by atoms with van der Waals surface area (Å²) in [5.74, 6) is 0.818. The molecule has 2 N–H and O–H groups in total. The van der Waals surface area contributed by atoms with Gasteiger partial charge in [0.1, 0.15) is 0 Å². The summed E-state index contributed by atoms with van der Waals surface area (Å²) in [7, 11) is 0. The van der Waals surface area contributed by atoms with Gasteiger partial charge in [-0.2, -0.15) is 5.10 Å². The molecule has 1 saturated heterocycles. The molecule has 0 aliphatic carbocycles. The average Bonchev–Trinajstić information content (AvgIpc) is 3.38. The van der Waals surface area contributed by atoms with E-state index in [1.165, 1.54) is 11.1 Å². The summed E-state index contributed by atoms with van der Waals surface area (Å²) in [6, 6.07) is 18.9. The molecule has 0 amide bonds. The molecule has 7 nitrogen and oxygen atoms in total. The fraction of sp³-hybridized carbons (Fsp3) is 0.360. The number of guanidine groups is 1. The molecule has 0 saturated carbocycles. The molecule has 0 unspecified atom stereocenters. The fourth-order valence-electron chi connectivity index (χ4n) is 3.79. The molecular weight excluding hydrogens is 527 g/mol. The molecule has 0 spiro atoms. The Bertz CT molecular complexity index is 1000. The molecule has 0 atom stereocenters. The van der Waals surface area contributed by atoms with Crippen molar-refractivity contribution in [2.75, 3.05) is 32.8 Å². The second-order valence-electron chi connectivity index (χ2n) is 7.83. The van der Waals surface area contributed by atoms with Gasteiger partial charge in [0.2, 0.25) is 0 Å². The Labute approximate surface area is 213 Å². The van der Waals surface area contributed by atoms with Crippen molar-refractivity contribution in [3.8, 4) is 5.69 Å². The van der Waals surface area contributed by atoms with Gasteiger partial charge in [-0.15, -0.1) is 24.0 Å². The SMILES string of the molecule is CCNC(=NCc1cccc(-n2cccn2)c1)NCc1ccccc1CN1CCOCC1.I. The van der Waals surface area contributed by atoms with Crippen LogP contribution in [0.4, 0.5) is 0 Å². The van der Waals surface area contributed by atoms with Crippen molar-refractivity contribution in [1.29, 1.82) is 0 Å². The van der Waals surface area contributed by atoms with Crippen LogP contribution in [0, 0.1) is 0 Å². The maximum Gasteiger partial charge on any atom is 0.191 e. The molecule has 8 heteroatoms. The minimum atomic E-state index is 0. The second kappa shape index (κ2) is 13.3. The lowest BCUT2D eigenvalue weighted by molar-refractivity contribution is 0.0341. The highest BCUT2D eigenvalue weighted by atomic mass is 127. The zero-order valence-corrected chi connectivity index (χ0v) is 21.4. The molecule has 1 aliphatic heterocycles. The van der Waals surface area contributed by atoms with Crippen molar-refractivity contribution in [1.82, 2.24) is 25.3 Å². The molecule has 2 heterocycles. The van der Waals surface area contributed by atoms with Crippen LogP contribution in [-0.2, 0) is 24.4 Å². The first kappa shape index (κ1) is 25.2. The molecule has 1 fully saturated rings. The molecule has 176 valence electrons. The van der Waals surface area contributed by atoms with Crippen molar-refractivity contribution < 1.29 is 4.74 Å². The number of aliphatic imine (C=N–C) groups is 1. The fourth-order valence-corrected chi connectivity index (χ4v) is 3.79. The largest absolute Gasteiger partial charge is 0.379 e. The summed E-state index contributed by atoms with van der Waals surface area (Å²) in [6.07, 6.45) is 3.73. The highest BCUT2D eigenvalue weighted by Gasteiger charge is 2.12. The molecule has 1 aliphatic rings. The molecule has 0 bridgehead atoms. The van der Waals surface area contributed by atoms with E-state index in [4.69, 9.17) is 9.73 Å². The zero-order chi connectivity index (χ0) is 22.0. The van der Waals surface area contributed by atoms with Gasteiger partial charge >= 0.3 is 0 Å². The lowest BCUT2D eigenvalue weighted by Crippen LogP contribution is -2.38. The van der Waals surface area contributed by atoms with E-state index in [0.717, 1.165) is 63.1 Å². The highest BCUT2D eigenvalue weighted by Crippen LogP contribution is 2.13. The minimum Gasteiger partial charge on any atom is -0.379 e. The van der Waals surface area contributed by atoms with Crippen molar-refractivity contribution in [2.45, 2.75) is 26.6 Å². The smallest absolute Gasteiger partial charge is 0.191 e. The Morgan fingerprint density at radius 3 is 2.61 bits per heavy atom. The van der Waals surface area contributed by atoms with Crippen LogP contribution >= 0.6 is 24.0 Å². The van der Waals surface area contributed by atoms with Crippen LogP contribution in [-0.4, -0.2) is 53.5 Å². The minimum absolute atomic E-state index is 0. The number of halogens is 1. The van der Waals surface area contributed by atoms with E-state index >= 15 is 0 Å². The molecule has 1 aromatic heterocycles. The summed E-state index contributed by atoms with van der Waals surface area (Å²) in [5.41, 5.74) is 4.83. The topological polar surface area (TPSA) is 66.7 Å². The third kappa shape index (κ3) is 7.55. The number of hydrogen-bond donors (Lipinski definition) is 2. The van der Waals surface area contributed by atoms with E-state index in [2.05, 4.69) is 70.0 Å². The van der Waals surface area contributed by atoms with Crippen molar-refractivity contribution in [3.63, 3.8) is 0 Å². The van der Waals surface area contributed by atoms with E-state index in [0.29, 0.717) is 6.54 Å². The molecule has 0 radical (unpaired) electrons. The quantitative estimate of drug-likeness (QED) is 0.251. The number of hydrogen-bond acceptors (Lipinski definition) is 4. The summed E-state index contributed by atoms with van der Waals surface area (Å²) in [5, 5.41) is 11.2. The summed E-state index contributed by atoms with van der Waals surface area (Å²) in [4.78, 5) is 7.26. The molecule has 2 aromatic carbocycles. The van der Waals surface area contributed by atoms with E-state index in [-0.39, 0.29) is 24.0 Å². The number of benzene rings is 2. The Hall–Kier alpha value is -2.43. The second-order valence-corrected chi connectivity index (χ2v) is 7.83. The Balaban J connectivity index is 0.00000306. The standard InChI is InChI=1S/C25H32N6O.HI/c1-2-26-25(27-18-21-7-5-10-24(17-21)31-12-6-11-29-31)28-19-22-8-3-4-9-23(22)20-30-13-15-32-16-14-30;/h3-12,17H,2,13-16,18-20H2,1H3,(H2,26,27,28);1H. The molecular formula is C25H33IN6O. The van der Waals surface area contributed by atoms with Crippen LogP contribution in [0.2, 0.25) is 0 Å². The Kier molecular flexibility index (Phi) is 10.2. The van der Waals surface area contributed by atoms with Crippen LogP contribution in [0.25, 0.3) is 5.69 Å². The Morgan fingerprint density at radius 1 is 1.03 bits per heavy atom. The summed E-state index contributed by atoms with van der Waals surface area (Å²) < 4.78 is 7.35. The number of aromatic nitrogens is 2. The zero-order valence-electron chi connectivity index (χ0n) is 19.1. The van der Waals surface area contributed by atoms with Gasteiger partial charge in [0, 0.05) is 45.1 Å². The van der Waals surface area contributed by atoms with Gasteiger partial charge in [-0.25, -0.2) is 9.67 Å². The van der Waals surface area contributed by atoms with Gasteiger partial charge in [0.25, 0.3) is 0 Å². The third-order valence-electron chi connectivity index (χ3n) is 5.51.